The van der Waals surface area contributed by atoms with Crippen molar-refractivity contribution in [1.29, 1.82) is 0 Å². The summed E-state index contributed by atoms with van der Waals surface area (Å²) in [5, 5.41) is 13.1. The Labute approximate surface area is 193 Å². The molecule has 3 N–H and O–H groups in total. The van der Waals surface area contributed by atoms with E-state index in [1.54, 1.807) is 25.3 Å². The van der Waals surface area contributed by atoms with Gasteiger partial charge in [-0.25, -0.2) is 18.7 Å². The van der Waals surface area contributed by atoms with Gasteiger partial charge in [-0.3, -0.25) is 9.89 Å². The molecular weight excluding hydrogens is 446 g/mol. The number of halogens is 2. The zero-order chi connectivity index (χ0) is 24.1. The first-order valence-corrected chi connectivity index (χ1v) is 10.3. The fourth-order valence-electron chi connectivity index (χ4n) is 3.25. The number of methoxy groups -OCH3 is 1. The van der Waals surface area contributed by atoms with Crippen LogP contribution in [-0.2, 0) is 11.2 Å². The minimum atomic E-state index is -0.778. The summed E-state index contributed by atoms with van der Waals surface area (Å²) >= 11 is 0. The second kappa shape index (κ2) is 10.1. The van der Waals surface area contributed by atoms with Crippen LogP contribution >= 0.6 is 0 Å². The molecule has 11 heteroatoms. The van der Waals surface area contributed by atoms with Crippen LogP contribution in [0, 0.1) is 18.1 Å². The highest BCUT2D eigenvalue weighted by molar-refractivity contribution is 5.93. The Balaban J connectivity index is 1.49. The van der Waals surface area contributed by atoms with Crippen LogP contribution < -0.4 is 20.1 Å². The third-order valence-corrected chi connectivity index (χ3v) is 4.70. The smallest absolute Gasteiger partial charge is 0.230 e. The van der Waals surface area contributed by atoms with Gasteiger partial charge in [0.1, 0.15) is 23.8 Å². The average molecular weight is 467 g/mol. The number of carbonyl (C=O) groups excluding carboxylic acids is 1. The van der Waals surface area contributed by atoms with Crippen molar-refractivity contribution in [2.45, 2.75) is 13.3 Å². The van der Waals surface area contributed by atoms with Crippen LogP contribution in [0.3, 0.4) is 0 Å². The van der Waals surface area contributed by atoms with Crippen molar-refractivity contribution in [1.82, 2.24) is 20.2 Å². The van der Waals surface area contributed by atoms with Gasteiger partial charge >= 0.3 is 0 Å². The normalized spacial score (nSPS) is 10.8. The number of ether oxygens (including phenoxy) is 2. The Morgan fingerprint density at radius 3 is 2.62 bits per heavy atom. The molecule has 9 nitrogen and oxygen atoms in total. The van der Waals surface area contributed by atoms with Gasteiger partial charge in [0, 0.05) is 35.0 Å². The summed E-state index contributed by atoms with van der Waals surface area (Å²) in [7, 11) is 1.55. The van der Waals surface area contributed by atoms with Crippen LogP contribution in [0.2, 0.25) is 0 Å². The molecule has 0 unspecified atom stereocenters. The molecule has 0 bridgehead atoms. The number of hydrogen-bond acceptors (Lipinski definition) is 7. The van der Waals surface area contributed by atoms with Crippen LogP contribution in [0.4, 0.5) is 26.1 Å². The maximum Gasteiger partial charge on any atom is 0.230 e. The van der Waals surface area contributed by atoms with E-state index in [2.05, 4.69) is 30.8 Å². The third-order valence-electron chi connectivity index (χ3n) is 4.70. The van der Waals surface area contributed by atoms with Crippen molar-refractivity contribution in [3.63, 3.8) is 0 Å². The van der Waals surface area contributed by atoms with Crippen molar-refractivity contribution >= 4 is 34.1 Å². The van der Waals surface area contributed by atoms with Crippen LogP contribution in [0.1, 0.15) is 12.6 Å². The molecule has 0 aliphatic heterocycles. The summed E-state index contributed by atoms with van der Waals surface area (Å²) < 4.78 is 37.7. The van der Waals surface area contributed by atoms with E-state index < -0.39 is 17.5 Å². The van der Waals surface area contributed by atoms with Crippen LogP contribution in [0.15, 0.2) is 42.7 Å². The Hall–Kier alpha value is -4.28. The third kappa shape index (κ3) is 5.37. The number of anilines is 3. The van der Waals surface area contributed by atoms with Crippen molar-refractivity contribution < 1.29 is 23.0 Å². The largest absolute Gasteiger partial charge is 0.493 e. The van der Waals surface area contributed by atoms with Gasteiger partial charge in [-0.1, -0.05) is 6.92 Å². The summed E-state index contributed by atoms with van der Waals surface area (Å²) in [6.07, 6.45) is 3.20. The van der Waals surface area contributed by atoms with E-state index in [-0.39, 0.29) is 12.1 Å². The van der Waals surface area contributed by atoms with E-state index in [9.17, 15) is 13.6 Å². The molecule has 0 saturated heterocycles. The fraction of sp³-hybridized carbons (Fsp3) is 0.174. The molecule has 0 fully saturated rings. The number of carbonyl (C=O) groups is 1. The molecule has 34 heavy (non-hydrogen) atoms. The Morgan fingerprint density at radius 2 is 1.88 bits per heavy atom. The fourth-order valence-corrected chi connectivity index (χ4v) is 3.25. The molecule has 2 heterocycles. The van der Waals surface area contributed by atoms with Gasteiger partial charge in [-0.05, 0) is 24.6 Å². The van der Waals surface area contributed by atoms with Crippen molar-refractivity contribution in [3.05, 3.63) is 66.5 Å². The van der Waals surface area contributed by atoms with E-state index in [1.807, 2.05) is 13.3 Å². The van der Waals surface area contributed by atoms with E-state index in [0.717, 1.165) is 18.2 Å². The van der Waals surface area contributed by atoms with Gasteiger partial charge in [0.05, 0.1) is 25.7 Å². The number of hydrogen-bond donors (Lipinski definition) is 3. The number of fused-ring (bicyclic) bond motifs is 1. The second-order valence-electron chi connectivity index (χ2n) is 7.25. The molecule has 0 spiro atoms. The number of aromatic nitrogens is 4. The SMILES string of the molecule is C[CH]COc1cc2ncnc(Nc3cc(CC(=O)Nc4cc(F)cc(F)c4)[nH]n3)c2cc1OC. The highest BCUT2D eigenvalue weighted by Gasteiger charge is 2.14. The molecule has 0 aliphatic rings. The lowest BCUT2D eigenvalue weighted by atomic mass is 10.2. The molecule has 1 radical (unpaired) electrons. The monoisotopic (exact) mass is 467 g/mol. The Morgan fingerprint density at radius 1 is 1.09 bits per heavy atom. The van der Waals surface area contributed by atoms with Gasteiger partial charge in [-0.15, -0.1) is 0 Å². The zero-order valence-electron chi connectivity index (χ0n) is 18.4. The molecule has 0 aliphatic carbocycles. The van der Waals surface area contributed by atoms with Gasteiger partial charge in [0.15, 0.2) is 17.3 Å². The number of rotatable bonds is 9. The van der Waals surface area contributed by atoms with Crippen LogP contribution in [0.5, 0.6) is 11.5 Å². The summed E-state index contributed by atoms with van der Waals surface area (Å²) in [4.78, 5) is 20.8. The zero-order valence-corrected chi connectivity index (χ0v) is 18.4. The molecule has 1 amide bonds. The highest BCUT2D eigenvalue weighted by atomic mass is 19.1. The predicted molar refractivity (Wildman–Crippen MR) is 122 cm³/mol. The standard InChI is InChI=1S/C23H21F2N6O3/c1-3-4-34-20-11-18-17(10-19(20)33-2)23(27-12-26-18)29-21-8-16(30-31-21)9-22(32)28-15-6-13(24)5-14(25)7-15/h3,5-8,10-12H,4,9H2,1-2H3,(H,28,32)(H2,26,27,29,30,31). The molecule has 4 aromatic rings. The summed E-state index contributed by atoms with van der Waals surface area (Å²) in [5.74, 6) is -0.0356. The topological polar surface area (TPSA) is 114 Å². The predicted octanol–water partition coefficient (Wildman–Crippen LogP) is 4.17. The van der Waals surface area contributed by atoms with E-state index in [0.29, 0.717) is 46.3 Å². The van der Waals surface area contributed by atoms with Gasteiger partial charge in [-0.2, -0.15) is 5.10 Å². The number of benzene rings is 2. The molecular formula is C23H21F2N6O3. The molecule has 0 atom stereocenters. The lowest BCUT2D eigenvalue weighted by Crippen LogP contribution is -2.14. The first-order valence-electron chi connectivity index (χ1n) is 10.3. The lowest BCUT2D eigenvalue weighted by Gasteiger charge is -2.12. The minimum Gasteiger partial charge on any atom is -0.493 e. The highest BCUT2D eigenvalue weighted by Crippen LogP contribution is 2.34. The average Bonchev–Trinajstić information content (AvgIpc) is 3.23. The summed E-state index contributed by atoms with van der Waals surface area (Å²) in [6, 6.07) is 7.96. The number of aromatic amines is 1. The Bertz CT molecular complexity index is 1310. The van der Waals surface area contributed by atoms with E-state index in [4.69, 9.17) is 9.47 Å². The molecule has 2 aromatic carbocycles. The maximum atomic E-state index is 13.3. The number of nitrogens with zero attached hydrogens (tertiary/aromatic N) is 3. The maximum absolute atomic E-state index is 13.3. The van der Waals surface area contributed by atoms with Crippen molar-refractivity contribution in [2.75, 3.05) is 24.4 Å². The van der Waals surface area contributed by atoms with E-state index >= 15 is 0 Å². The first-order chi connectivity index (χ1) is 16.4. The van der Waals surface area contributed by atoms with Crippen molar-refractivity contribution in [3.8, 4) is 11.5 Å². The quantitative estimate of drug-likeness (QED) is 0.339. The summed E-state index contributed by atoms with van der Waals surface area (Å²) in [6.45, 7) is 2.32. The van der Waals surface area contributed by atoms with Crippen LogP contribution in [0.25, 0.3) is 10.9 Å². The van der Waals surface area contributed by atoms with E-state index in [1.165, 1.54) is 6.33 Å². The van der Waals surface area contributed by atoms with Gasteiger partial charge < -0.3 is 20.1 Å². The first kappa shape index (κ1) is 22.9. The second-order valence-corrected chi connectivity index (χ2v) is 7.25. The molecule has 2 aromatic heterocycles. The van der Waals surface area contributed by atoms with Crippen molar-refractivity contribution in [2.24, 2.45) is 0 Å². The molecule has 4 rings (SSSR count). The molecule has 175 valence electrons. The lowest BCUT2D eigenvalue weighted by molar-refractivity contribution is -0.115. The minimum absolute atomic E-state index is 0.0296. The Kier molecular flexibility index (Phi) is 6.81. The summed E-state index contributed by atoms with van der Waals surface area (Å²) in [5.41, 5.74) is 1.16. The molecule has 0 saturated carbocycles. The van der Waals surface area contributed by atoms with Crippen LogP contribution in [-0.4, -0.2) is 39.8 Å². The van der Waals surface area contributed by atoms with Gasteiger partial charge in [0.25, 0.3) is 0 Å². The van der Waals surface area contributed by atoms with Gasteiger partial charge in [0.2, 0.25) is 5.91 Å². The number of amides is 1. The number of nitrogens with one attached hydrogen (secondary N) is 3. The number of H-pyrrole nitrogens is 1.